The van der Waals surface area contributed by atoms with Gasteiger partial charge in [0.05, 0.1) is 7.05 Å². The van der Waals surface area contributed by atoms with Crippen LogP contribution in [0.5, 0.6) is 0 Å². The number of imidazole rings is 1. The lowest BCUT2D eigenvalue weighted by Gasteiger charge is -1.94. The third kappa shape index (κ3) is 1.45. The lowest BCUT2D eigenvalue weighted by atomic mass is 10.5. The molecule has 0 amide bonds. The van der Waals surface area contributed by atoms with Crippen molar-refractivity contribution in [2.24, 2.45) is 7.05 Å². The van der Waals surface area contributed by atoms with Gasteiger partial charge in [-0.2, -0.15) is 0 Å². The van der Waals surface area contributed by atoms with Crippen LogP contribution in [-0.4, -0.2) is 29.7 Å². The van der Waals surface area contributed by atoms with Gasteiger partial charge in [-0.3, -0.25) is 5.10 Å². The minimum atomic E-state index is -0.504. The molecule has 0 aliphatic heterocycles. The van der Waals surface area contributed by atoms with Gasteiger partial charge in [0.25, 0.3) is 5.82 Å². The van der Waals surface area contributed by atoms with Crippen LogP contribution in [0.25, 0.3) is 11.6 Å². The number of nitro groups is 1. The Hall–Kier alpha value is -2.25. The predicted octanol–water partition coefficient (Wildman–Crippen LogP) is 0.422. The number of nitrogens with zero attached hydrogens (tertiary/aromatic N) is 5. The van der Waals surface area contributed by atoms with Crippen molar-refractivity contribution >= 4 is 5.82 Å². The van der Waals surface area contributed by atoms with Gasteiger partial charge in [-0.1, -0.05) is 0 Å². The maximum atomic E-state index is 10.6. The first kappa shape index (κ1) is 9.31. The molecule has 8 nitrogen and oxygen atoms in total. The van der Waals surface area contributed by atoms with E-state index in [1.54, 1.807) is 14.0 Å². The molecule has 0 fully saturated rings. The van der Waals surface area contributed by atoms with Crippen LogP contribution in [0, 0.1) is 17.0 Å². The van der Waals surface area contributed by atoms with E-state index in [1.165, 1.54) is 10.8 Å². The summed E-state index contributed by atoms with van der Waals surface area (Å²) in [7, 11) is 1.55. The van der Waals surface area contributed by atoms with Gasteiger partial charge in [0.2, 0.25) is 5.82 Å². The van der Waals surface area contributed by atoms with E-state index >= 15 is 0 Å². The molecule has 0 atom stereocenters. The highest BCUT2D eigenvalue weighted by Crippen LogP contribution is 2.18. The molecule has 0 saturated carbocycles. The minimum absolute atomic E-state index is 0.0903. The first-order valence-corrected chi connectivity index (χ1v) is 4.15. The van der Waals surface area contributed by atoms with Gasteiger partial charge in [0.15, 0.2) is 0 Å². The molecule has 0 unspecified atom stereocenters. The summed E-state index contributed by atoms with van der Waals surface area (Å²) in [6.45, 7) is 1.74. The van der Waals surface area contributed by atoms with Crippen LogP contribution in [0.3, 0.4) is 0 Å². The Balaban J connectivity index is 2.50. The van der Waals surface area contributed by atoms with Crippen molar-refractivity contribution in [2.45, 2.75) is 6.92 Å². The topological polar surface area (TPSA) is 103 Å². The molecular weight excluding hydrogens is 200 g/mol. The van der Waals surface area contributed by atoms with E-state index in [0.717, 1.165) is 0 Å². The molecule has 0 aromatic carbocycles. The highest BCUT2D eigenvalue weighted by Gasteiger charge is 2.20. The summed E-state index contributed by atoms with van der Waals surface area (Å²) in [4.78, 5) is 18.0. The van der Waals surface area contributed by atoms with Crippen LogP contribution in [-0.2, 0) is 7.05 Å². The van der Waals surface area contributed by atoms with E-state index in [2.05, 4.69) is 20.2 Å². The third-order valence-corrected chi connectivity index (χ3v) is 1.95. The van der Waals surface area contributed by atoms with Gasteiger partial charge in [0.1, 0.15) is 12.0 Å². The molecule has 0 radical (unpaired) electrons. The molecule has 15 heavy (non-hydrogen) atoms. The molecule has 2 aromatic heterocycles. The number of nitrogens with one attached hydrogen (secondary N) is 1. The average Bonchev–Trinajstić information content (AvgIpc) is 2.71. The molecule has 78 valence electrons. The third-order valence-electron chi connectivity index (χ3n) is 1.95. The van der Waals surface area contributed by atoms with Crippen LogP contribution in [0.2, 0.25) is 0 Å². The normalized spacial score (nSPS) is 10.5. The maximum absolute atomic E-state index is 10.6. The first-order chi connectivity index (χ1) is 7.09. The molecule has 2 rings (SSSR count). The van der Waals surface area contributed by atoms with E-state index in [4.69, 9.17) is 0 Å². The summed E-state index contributed by atoms with van der Waals surface area (Å²) in [5.41, 5.74) is 0. The highest BCUT2D eigenvalue weighted by molar-refractivity contribution is 5.46. The average molecular weight is 208 g/mol. The van der Waals surface area contributed by atoms with Gasteiger partial charge >= 0.3 is 5.82 Å². The molecule has 0 aliphatic rings. The molecule has 0 spiro atoms. The van der Waals surface area contributed by atoms with E-state index in [-0.39, 0.29) is 5.82 Å². The smallest absolute Gasteiger partial charge is 0.343 e. The summed E-state index contributed by atoms with van der Waals surface area (Å²) in [5, 5.41) is 17.1. The Bertz CT molecular complexity index is 513. The summed E-state index contributed by atoms with van der Waals surface area (Å²) >= 11 is 0. The maximum Gasteiger partial charge on any atom is 0.343 e. The van der Waals surface area contributed by atoms with Crippen LogP contribution < -0.4 is 0 Å². The molecule has 2 aromatic rings. The highest BCUT2D eigenvalue weighted by atomic mass is 16.6. The number of rotatable bonds is 2. The Morgan fingerprint density at radius 2 is 2.33 bits per heavy atom. The molecule has 1 N–H and O–H groups in total. The molecule has 0 bridgehead atoms. The van der Waals surface area contributed by atoms with Gasteiger partial charge in [-0.25, -0.2) is 14.5 Å². The Morgan fingerprint density at radius 3 is 2.80 bits per heavy atom. The van der Waals surface area contributed by atoms with Crippen molar-refractivity contribution in [1.82, 2.24) is 24.7 Å². The zero-order chi connectivity index (χ0) is 11.0. The predicted molar refractivity (Wildman–Crippen MR) is 50.0 cm³/mol. The summed E-state index contributed by atoms with van der Waals surface area (Å²) < 4.78 is 1.34. The van der Waals surface area contributed by atoms with Crippen molar-refractivity contribution < 1.29 is 4.92 Å². The van der Waals surface area contributed by atoms with E-state index < -0.39 is 4.92 Å². The molecule has 0 saturated heterocycles. The summed E-state index contributed by atoms with van der Waals surface area (Å²) in [6, 6.07) is 0. The first-order valence-electron chi connectivity index (χ1n) is 4.15. The number of H-pyrrole nitrogens is 1. The van der Waals surface area contributed by atoms with Gasteiger partial charge in [0, 0.05) is 0 Å². The van der Waals surface area contributed by atoms with Gasteiger partial charge in [-0.05, 0) is 11.8 Å². The Labute approximate surface area is 84.1 Å². The van der Waals surface area contributed by atoms with Crippen molar-refractivity contribution in [3.8, 4) is 11.6 Å². The number of hydrogen-bond donors (Lipinski definition) is 1. The Kier molecular flexibility index (Phi) is 1.96. The van der Waals surface area contributed by atoms with Crippen LogP contribution >= 0.6 is 0 Å². The van der Waals surface area contributed by atoms with Crippen molar-refractivity contribution in [2.75, 3.05) is 0 Å². The summed E-state index contributed by atoms with van der Waals surface area (Å²) in [5.74, 6) is 1.26. The molecule has 2 heterocycles. The molecule has 0 aliphatic carbocycles. The van der Waals surface area contributed by atoms with Crippen molar-refractivity contribution in [3.05, 3.63) is 22.1 Å². The summed E-state index contributed by atoms with van der Waals surface area (Å²) in [6.07, 6.45) is 1.18. The van der Waals surface area contributed by atoms with E-state index in [9.17, 15) is 10.1 Å². The van der Waals surface area contributed by atoms with Crippen LogP contribution in [0.15, 0.2) is 6.20 Å². The minimum Gasteiger partial charge on any atom is -0.358 e. The molecule has 8 heteroatoms. The second-order valence-corrected chi connectivity index (χ2v) is 3.00. The number of aromatic amines is 1. The van der Waals surface area contributed by atoms with Gasteiger partial charge in [-0.15, -0.1) is 5.10 Å². The van der Waals surface area contributed by atoms with Crippen molar-refractivity contribution in [3.63, 3.8) is 0 Å². The monoisotopic (exact) mass is 208 g/mol. The van der Waals surface area contributed by atoms with Crippen LogP contribution in [0.4, 0.5) is 5.82 Å². The second kappa shape index (κ2) is 3.15. The fourth-order valence-corrected chi connectivity index (χ4v) is 1.22. The van der Waals surface area contributed by atoms with E-state index in [0.29, 0.717) is 17.5 Å². The zero-order valence-corrected chi connectivity index (χ0v) is 8.13. The number of aromatic nitrogens is 5. The largest absolute Gasteiger partial charge is 0.358 e. The standard InChI is InChI=1S/C7H8N6O2/c1-4-9-6(11-10-4)7-8-3-5(12(7)2)13(14)15/h3H,1-2H3,(H,9,10,11). The fraction of sp³-hybridized carbons (Fsp3) is 0.286. The number of aryl methyl sites for hydroxylation is 1. The second-order valence-electron chi connectivity index (χ2n) is 3.00. The lowest BCUT2D eigenvalue weighted by Crippen LogP contribution is -1.99. The van der Waals surface area contributed by atoms with E-state index in [1.807, 2.05) is 0 Å². The van der Waals surface area contributed by atoms with Gasteiger partial charge < -0.3 is 10.1 Å². The van der Waals surface area contributed by atoms with Crippen molar-refractivity contribution in [1.29, 1.82) is 0 Å². The fourth-order valence-electron chi connectivity index (χ4n) is 1.22. The SMILES string of the molecule is Cc1nc(-c2ncc([N+](=O)[O-])n2C)n[nH]1. The Morgan fingerprint density at radius 1 is 1.60 bits per heavy atom. The molecular formula is C7H8N6O2. The zero-order valence-electron chi connectivity index (χ0n) is 8.13. The quantitative estimate of drug-likeness (QED) is 0.569. The van der Waals surface area contributed by atoms with Crippen LogP contribution in [0.1, 0.15) is 5.82 Å². The number of hydrogen-bond acceptors (Lipinski definition) is 5. The lowest BCUT2D eigenvalue weighted by molar-refractivity contribution is -0.391.